The number of aromatic nitrogens is 2. The second kappa shape index (κ2) is 6.49. The Balaban J connectivity index is 1.86. The summed E-state index contributed by atoms with van der Waals surface area (Å²) >= 11 is 2.22. The predicted molar refractivity (Wildman–Crippen MR) is 96.3 cm³/mol. The summed E-state index contributed by atoms with van der Waals surface area (Å²) in [5, 5.41) is 10.7. The largest absolute Gasteiger partial charge is 0.421 e. The zero-order valence-corrected chi connectivity index (χ0v) is 14.8. The number of benzene rings is 2. The molecule has 0 aliphatic rings. The van der Waals surface area contributed by atoms with Crippen LogP contribution in [0.4, 0.5) is 5.69 Å². The van der Waals surface area contributed by atoms with Crippen molar-refractivity contribution in [2.75, 3.05) is 5.32 Å². The van der Waals surface area contributed by atoms with E-state index in [4.69, 9.17) is 4.42 Å². The third kappa shape index (κ3) is 3.42. The molecule has 2 aromatic carbocycles. The van der Waals surface area contributed by atoms with Gasteiger partial charge in [-0.05, 0) is 65.4 Å². The van der Waals surface area contributed by atoms with Gasteiger partial charge in [-0.3, -0.25) is 4.79 Å². The molecule has 23 heavy (non-hydrogen) atoms. The van der Waals surface area contributed by atoms with E-state index in [1.54, 1.807) is 6.92 Å². The Morgan fingerprint density at radius 3 is 2.65 bits per heavy atom. The van der Waals surface area contributed by atoms with Crippen LogP contribution in [0, 0.1) is 17.4 Å². The molecule has 0 unspecified atom stereocenters. The summed E-state index contributed by atoms with van der Waals surface area (Å²) in [4.78, 5) is 12.5. The number of hydrogen-bond acceptors (Lipinski definition) is 4. The molecule has 0 aliphatic carbocycles. The average molecular weight is 419 g/mol. The summed E-state index contributed by atoms with van der Waals surface area (Å²) < 4.78 is 6.47. The Labute approximate surface area is 147 Å². The van der Waals surface area contributed by atoms with Gasteiger partial charge in [0, 0.05) is 27.3 Å². The van der Waals surface area contributed by atoms with E-state index in [2.05, 4.69) is 38.1 Å². The third-order valence-corrected chi connectivity index (χ3v) is 4.57. The maximum atomic E-state index is 12.5. The molecule has 116 valence electrons. The average Bonchev–Trinajstić information content (AvgIpc) is 2.97. The van der Waals surface area contributed by atoms with Crippen LogP contribution in [-0.2, 0) is 0 Å². The molecular weight excluding hydrogens is 405 g/mol. The fourth-order valence-corrected chi connectivity index (χ4v) is 2.69. The van der Waals surface area contributed by atoms with Gasteiger partial charge in [0.2, 0.25) is 11.8 Å². The second-order valence-corrected chi connectivity index (χ2v) is 6.24. The molecule has 0 saturated heterocycles. The van der Waals surface area contributed by atoms with Gasteiger partial charge in [-0.1, -0.05) is 12.1 Å². The van der Waals surface area contributed by atoms with E-state index >= 15 is 0 Å². The molecule has 1 N–H and O–H groups in total. The number of rotatable bonds is 3. The smallest absolute Gasteiger partial charge is 0.255 e. The van der Waals surface area contributed by atoms with Crippen LogP contribution in [0.1, 0.15) is 21.8 Å². The van der Waals surface area contributed by atoms with E-state index in [0.29, 0.717) is 23.0 Å². The summed E-state index contributed by atoms with van der Waals surface area (Å²) in [6, 6.07) is 13.0. The fraction of sp³-hybridized carbons (Fsp3) is 0.118. The van der Waals surface area contributed by atoms with Crippen molar-refractivity contribution in [3.05, 3.63) is 63.1 Å². The lowest BCUT2D eigenvalue weighted by Crippen LogP contribution is -2.13. The van der Waals surface area contributed by atoms with Crippen molar-refractivity contribution < 1.29 is 9.21 Å². The highest BCUT2D eigenvalue weighted by molar-refractivity contribution is 14.1. The molecule has 0 saturated carbocycles. The van der Waals surface area contributed by atoms with Crippen LogP contribution in [0.5, 0.6) is 0 Å². The number of carbonyl (C=O) groups is 1. The maximum Gasteiger partial charge on any atom is 0.255 e. The zero-order chi connectivity index (χ0) is 16.4. The van der Waals surface area contributed by atoms with E-state index < -0.39 is 0 Å². The van der Waals surface area contributed by atoms with Crippen LogP contribution in [-0.4, -0.2) is 16.1 Å². The van der Waals surface area contributed by atoms with Crippen LogP contribution in [0.25, 0.3) is 11.5 Å². The first kappa shape index (κ1) is 15.7. The number of amides is 1. The molecule has 0 bridgehead atoms. The lowest BCUT2D eigenvalue weighted by molar-refractivity contribution is 0.102. The summed E-state index contributed by atoms with van der Waals surface area (Å²) in [6.07, 6.45) is 0. The normalized spacial score (nSPS) is 10.6. The van der Waals surface area contributed by atoms with E-state index in [0.717, 1.165) is 14.7 Å². The summed E-state index contributed by atoms with van der Waals surface area (Å²) in [5.74, 6) is 0.799. The zero-order valence-electron chi connectivity index (χ0n) is 12.6. The molecule has 0 spiro atoms. The van der Waals surface area contributed by atoms with Crippen LogP contribution < -0.4 is 5.32 Å². The Hall–Kier alpha value is -2.22. The Bertz CT molecular complexity index is 874. The first-order valence-electron chi connectivity index (χ1n) is 7.01. The highest BCUT2D eigenvalue weighted by Crippen LogP contribution is 2.22. The van der Waals surface area contributed by atoms with Gasteiger partial charge in [0.15, 0.2) is 0 Å². The molecule has 1 heterocycles. The second-order valence-electron chi connectivity index (χ2n) is 5.07. The van der Waals surface area contributed by atoms with E-state index in [9.17, 15) is 4.79 Å². The van der Waals surface area contributed by atoms with E-state index in [-0.39, 0.29) is 5.91 Å². The SMILES string of the molecule is Cc1nnc(-c2cccc(NC(=O)c3cccc(I)c3C)c2)o1. The van der Waals surface area contributed by atoms with Crippen LogP contribution >= 0.6 is 22.6 Å². The molecule has 1 aromatic heterocycles. The van der Waals surface area contributed by atoms with Crippen molar-refractivity contribution in [1.82, 2.24) is 10.2 Å². The van der Waals surface area contributed by atoms with Gasteiger partial charge in [0.1, 0.15) is 0 Å². The highest BCUT2D eigenvalue weighted by atomic mass is 127. The Morgan fingerprint density at radius 2 is 1.91 bits per heavy atom. The summed E-state index contributed by atoms with van der Waals surface area (Å²) in [7, 11) is 0. The van der Waals surface area contributed by atoms with Crippen molar-refractivity contribution in [1.29, 1.82) is 0 Å². The fourth-order valence-electron chi connectivity index (χ4n) is 2.20. The standard InChI is InChI=1S/C17H14IN3O2/c1-10-14(7-4-8-15(10)18)16(22)19-13-6-3-5-12(9-13)17-21-20-11(2)23-17/h3-9H,1-2H3,(H,19,22). The first-order chi connectivity index (χ1) is 11.0. The molecule has 0 fully saturated rings. The molecule has 0 radical (unpaired) electrons. The number of carbonyl (C=O) groups excluding carboxylic acids is 1. The van der Waals surface area contributed by atoms with Gasteiger partial charge >= 0.3 is 0 Å². The molecule has 5 nitrogen and oxygen atoms in total. The van der Waals surface area contributed by atoms with E-state index in [1.165, 1.54) is 0 Å². The monoisotopic (exact) mass is 419 g/mol. The van der Waals surface area contributed by atoms with Crippen molar-refractivity contribution in [2.24, 2.45) is 0 Å². The quantitative estimate of drug-likeness (QED) is 0.646. The van der Waals surface area contributed by atoms with E-state index in [1.807, 2.05) is 49.4 Å². The summed E-state index contributed by atoms with van der Waals surface area (Å²) in [5.41, 5.74) is 3.08. The third-order valence-electron chi connectivity index (χ3n) is 3.41. The molecule has 3 rings (SSSR count). The molecule has 6 heteroatoms. The number of hydrogen-bond donors (Lipinski definition) is 1. The lowest BCUT2D eigenvalue weighted by atomic mass is 10.1. The molecule has 1 amide bonds. The number of halogens is 1. The van der Waals surface area contributed by atoms with Crippen LogP contribution in [0.3, 0.4) is 0 Å². The maximum absolute atomic E-state index is 12.5. The number of anilines is 1. The lowest BCUT2D eigenvalue weighted by Gasteiger charge is -2.09. The highest BCUT2D eigenvalue weighted by Gasteiger charge is 2.12. The van der Waals surface area contributed by atoms with Gasteiger partial charge in [0.25, 0.3) is 5.91 Å². The molecular formula is C17H14IN3O2. The Morgan fingerprint density at radius 1 is 1.13 bits per heavy atom. The van der Waals surface area contributed by atoms with Gasteiger partial charge in [-0.2, -0.15) is 0 Å². The minimum Gasteiger partial charge on any atom is -0.421 e. The summed E-state index contributed by atoms with van der Waals surface area (Å²) in [6.45, 7) is 3.68. The van der Waals surface area contributed by atoms with Gasteiger partial charge in [-0.15, -0.1) is 10.2 Å². The molecule has 0 atom stereocenters. The first-order valence-corrected chi connectivity index (χ1v) is 8.09. The van der Waals surface area contributed by atoms with Crippen LogP contribution in [0.2, 0.25) is 0 Å². The number of nitrogens with one attached hydrogen (secondary N) is 1. The van der Waals surface area contributed by atoms with Crippen molar-refractivity contribution >= 4 is 34.2 Å². The predicted octanol–water partition coefficient (Wildman–Crippen LogP) is 4.21. The van der Waals surface area contributed by atoms with Gasteiger partial charge in [0.05, 0.1) is 0 Å². The Kier molecular flexibility index (Phi) is 4.42. The molecule has 0 aliphatic heterocycles. The van der Waals surface area contributed by atoms with Crippen LogP contribution in [0.15, 0.2) is 46.9 Å². The van der Waals surface area contributed by atoms with Crippen molar-refractivity contribution in [2.45, 2.75) is 13.8 Å². The number of nitrogens with zero attached hydrogens (tertiary/aromatic N) is 2. The molecule has 3 aromatic rings. The van der Waals surface area contributed by atoms with Gasteiger partial charge < -0.3 is 9.73 Å². The topological polar surface area (TPSA) is 68.0 Å². The van der Waals surface area contributed by atoms with Crippen molar-refractivity contribution in [3.63, 3.8) is 0 Å². The van der Waals surface area contributed by atoms with Gasteiger partial charge in [-0.25, -0.2) is 0 Å². The minimum absolute atomic E-state index is 0.139. The minimum atomic E-state index is -0.139. The van der Waals surface area contributed by atoms with Crippen molar-refractivity contribution in [3.8, 4) is 11.5 Å². The number of aryl methyl sites for hydroxylation is 1.